The normalized spacial score (nSPS) is 25.2. The molecule has 19 heavy (non-hydrogen) atoms. The van der Waals surface area contributed by atoms with Crippen LogP contribution in [0.2, 0.25) is 0 Å². The van der Waals surface area contributed by atoms with E-state index in [1.807, 2.05) is 13.8 Å². The number of piperidine rings is 1. The predicted molar refractivity (Wildman–Crippen MR) is 74.8 cm³/mol. The van der Waals surface area contributed by atoms with Crippen molar-refractivity contribution in [3.63, 3.8) is 0 Å². The van der Waals surface area contributed by atoms with Crippen LogP contribution in [0, 0.1) is 0 Å². The Hall–Kier alpha value is -1.07. The molecule has 0 spiro atoms. The molecule has 0 N–H and O–H groups in total. The molecule has 1 heterocycles. The first kappa shape index (κ1) is 14.3. The highest BCUT2D eigenvalue weighted by molar-refractivity contribution is 7.89. The average Bonchev–Trinajstić information content (AvgIpc) is 2.38. The van der Waals surface area contributed by atoms with Crippen molar-refractivity contribution in [3.8, 4) is 5.75 Å². The molecule has 0 saturated carbocycles. The molecule has 0 aromatic heterocycles. The summed E-state index contributed by atoms with van der Waals surface area (Å²) < 4.78 is 32.2. The van der Waals surface area contributed by atoms with Gasteiger partial charge < -0.3 is 4.74 Å². The van der Waals surface area contributed by atoms with E-state index in [0.29, 0.717) is 10.6 Å². The number of methoxy groups -OCH3 is 1. The lowest BCUT2D eigenvalue weighted by Crippen LogP contribution is -2.47. The zero-order chi connectivity index (χ0) is 14.0. The van der Waals surface area contributed by atoms with Gasteiger partial charge in [-0.3, -0.25) is 0 Å². The molecular formula is C14H21NO3S. The summed E-state index contributed by atoms with van der Waals surface area (Å²) in [6.07, 6.45) is 2.94. The molecule has 1 saturated heterocycles. The van der Waals surface area contributed by atoms with E-state index in [1.54, 1.807) is 28.6 Å². The Labute approximate surface area is 115 Å². The van der Waals surface area contributed by atoms with Crippen LogP contribution in [0.5, 0.6) is 5.75 Å². The Morgan fingerprint density at radius 3 is 2.42 bits per heavy atom. The Balaban J connectivity index is 2.40. The maximum Gasteiger partial charge on any atom is 0.243 e. The van der Waals surface area contributed by atoms with Gasteiger partial charge in [0.2, 0.25) is 10.0 Å². The van der Waals surface area contributed by atoms with Gasteiger partial charge in [-0.05, 0) is 38.8 Å². The largest absolute Gasteiger partial charge is 0.497 e. The van der Waals surface area contributed by atoms with E-state index in [4.69, 9.17) is 4.74 Å². The predicted octanol–water partition coefficient (Wildman–Crippen LogP) is 2.65. The van der Waals surface area contributed by atoms with Crippen LogP contribution in [0.15, 0.2) is 29.2 Å². The molecule has 0 radical (unpaired) electrons. The van der Waals surface area contributed by atoms with Crippen LogP contribution in [0.3, 0.4) is 0 Å². The third-order valence-corrected chi connectivity index (χ3v) is 5.85. The molecule has 5 heteroatoms. The Kier molecular flexibility index (Phi) is 4.16. The molecule has 1 aromatic rings. The minimum Gasteiger partial charge on any atom is -0.497 e. The van der Waals surface area contributed by atoms with Crippen molar-refractivity contribution in [1.82, 2.24) is 4.31 Å². The first-order chi connectivity index (χ1) is 8.96. The number of rotatable bonds is 3. The van der Waals surface area contributed by atoms with Crippen LogP contribution < -0.4 is 4.74 Å². The van der Waals surface area contributed by atoms with E-state index in [0.717, 1.165) is 19.3 Å². The van der Waals surface area contributed by atoms with Crippen molar-refractivity contribution in [2.24, 2.45) is 0 Å². The highest BCUT2D eigenvalue weighted by atomic mass is 32.2. The standard InChI is InChI=1S/C14H21NO3S/c1-11-6-4-7-12(2)15(11)19(16,17)14-9-5-8-13(10-14)18-3/h5,8-12H,4,6-7H2,1-3H3/t11-,12-/m0/s1. The molecule has 0 bridgehead atoms. The summed E-state index contributed by atoms with van der Waals surface area (Å²) >= 11 is 0. The lowest BCUT2D eigenvalue weighted by molar-refractivity contribution is 0.204. The van der Waals surface area contributed by atoms with E-state index in [1.165, 1.54) is 7.11 Å². The first-order valence-corrected chi connectivity index (χ1v) is 8.08. The number of sulfonamides is 1. The van der Waals surface area contributed by atoms with E-state index in [2.05, 4.69) is 0 Å². The quantitative estimate of drug-likeness (QED) is 0.856. The number of ether oxygens (including phenoxy) is 1. The van der Waals surface area contributed by atoms with E-state index >= 15 is 0 Å². The monoisotopic (exact) mass is 283 g/mol. The van der Waals surface area contributed by atoms with Gasteiger partial charge in [0.1, 0.15) is 5.75 Å². The second-order valence-corrected chi connectivity index (χ2v) is 6.99. The van der Waals surface area contributed by atoms with Gasteiger partial charge in [-0.15, -0.1) is 0 Å². The minimum absolute atomic E-state index is 0.0555. The van der Waals surface area contributed by atoms with Crippen LogP contribution in [0.25, 0.3) is 0 Å². The first-order valence-electron chi connectivity index (χ1n) is 6.64. The minimum atomic E-state index is -3.44. The summed E-state index contributed by atoms with van der Waals surface area (Å²) in [6, 6.07) is 6.79. The molecule has 0 unspecified atom stereocenters. The van der Waals surface area contributed by atoms with Gasteiger partial charge in [-0.2, -0.15) is 4.31 Å². The molecule has 1 aliphatic heterocycles. The van der Waals surface area contributed by atoms with Crippen molar-refractivity contribution < 1.29 is 13.2 Å². The van der Waals surface area contributed by atoms with Crippen molar-refractivity contribution >= 4 is 10.0 Å². The molecule has 1 aromatic carbocycles. The summed E-state index contributed by atoms with van der Waals surface area (Å²) in [5.41, 5.74) is 0. The summed E-state index contributed by atoms with van der Waals surface area (Å²) in [4.78, 5) is 0.312. The third-order valence-electron chi connectivity index (χ3n) is 3.73. The molecule has 1 aliphatic rings. The summed E-state index contributed by atoms with van der Waals surface area (Å²) in [5, 5.41) is 0. The molecule has 2 rings (SSSR count). The zero-order valence-electron chi connectivity index (χ0n) is 11.7. The Bertz CT molecular complexity index is 531. The molecule has 2 atom stereocenters. The third kappa shape index (κ3) is 2.77. The topological polar surface area (TPSA) is 46.6 Å². The van der Waals surface area contributed by atoms with Gasteiger partial charge in [0.05, 0.1) is 12.0 Å². The second-order valence-electron chi connectivity index (χ2n) is 5.14. The Morgan fingerprint density at radius 2 is 1.84 bits per heavy atom. The smallest absolute Gasteiger partial charge is 0.243 e. The number of nitrogens with zero attached hydrogens (tertiary/aromatic N) is 1. The molecular weight excluding hydrogens is 262 g/mol. The van der Waals surface area contributed by atoms with Gasteiger partial charge in [0, 0.05) is 18.2 Å². The van der Waals surface area contributed by atoms with Gasteiger partial charge in [0.25, 0.3) is 0 Å². The highest BCUT2D eigenvalue weighted by Crippen LogP contribution is 2.30. The van der Waals surface area contributed by atoms with E-state index < -0.39 is 10.0 Å². The molecule has 1 fully saturated rings. The number of hydrogen-bond acceptors (Lipinski definition) is 3. The zero-order valence-corrected chi connectivity index (χ0v) is 12.5. The van der Waals surface area contributed by atoms with Gasteiger partial charge in [-0.25, -0.2) is 8.42 Å². The second kappa shape index (κ2) is 5.51. The van der Waals surface area contributed by atoms with Gasteiger partial charge in [0.15, 0.2) is 0 Å². The lowest BCUT2D eigenvalue weighted by Gasteiger charge is -2.37. The van der Waals surface area contributed by atoms with Crippen LogP contribution in [0.4, 0.5) is 0 Å². The summed E-state index contributed by atoms with van der Waals surface area (Å²) in [7, 11) is -1.90. The molecule has 0 amide bonds. The van der Waals surface area contributed by atoms with Crippen molar-refractivity contribution in [2.45, 2.75) is 50.1 Å². The van der Waals surface area contributed by atoms with Crippen LogP contribution in [-0.2, 0) is 10.0 Å². The van der Waals surface area contributed by atoms with E-state index in [9.17, 15) is 8.42 Å². The van der Waals surface area contributed by atoms with Crippen molar-refractivity contribution in [2.75, 3.05) is 7.11 Å². The summed E-state index contributed by atoms with van der Waals surface area (Å²) in [5.74, 6) is 0.568. The SMILES string of the molecule is COc1cccc(S(=O)(=O)N2[C@@H](C)CCC[C@@H]2C)c1. The highest BCUT2D eigenvalue weighted by Gasteiger charge is 2.35. The van der Waals surface area contributed by atoms with Crippen LogP contribution in [-0.4, -0.2) is 31.9 Å². The van der Waals surface area contributed by atoms with Crippen LogP contribution in [0.1, 0.15) is 33.1 Å². The number of hydrogen-bond donors (Lipinski definition) is 0. The maximum atomic E-state index is 12.7. The molecule has 106 valence electrons. The summed E-state index contributed by atoms with van der Waals surface area (Å²) in [6.45, 7) is 3.96. The van der Waals surface area contributed by atoms with Gasteiger partial charge >= 0.3 is 0 Å². The average molecular weight is 283 g/mol. The molecule has 4 nitrogen and oxygen atoms in total. The fourth-order valence-electron chi connectivity index (χ4n) is 2.75. The van der Waals surface area contributed by atoms with Crippen molar-refractivity contribution in [1.29, 1.82) is 0 Å². The maximum absolute atomic E-state index is 12.7. The van der Waals surface area contributed by atoms with Crippen LogP contribution >= 0.6 is 0 Å². The van der Waals surface area contributed by atoms with Crippen molar-refractivity contribution in [3.05, 3.63) is 24.3 Å². The fraction of sp³-hybridized carbons (Fsp3) is 0.571. The number of benzene rings is 1. The van der Waals surface area contributed by atoms with E-state index in [-0.39, 0.29) is 12.1 Å². The van der Waals surface area contributed by atoms with Gasteiger partial charge in [-0.1, -0.05) is 12.5 Å². The fourth-order valence-corrected chi connectivity index (χ4v) is 4.67. The Morgan fingerprint density at radius 1 is 1.21 bits per heavy atom. The lowest BCUT2D eigenvalue weighted by atomic mass is 10.0. The molecule has 0 aliphatic carbocycles.